The molecule has 1 fully saturated rings. The van der Waals surface area contributed by atoms with Gasteiger partial charge in [0, 0.05) is 43.6 Å². The number of anilines is 1. The molecule has 0 unspecified atom stereocenters. The molecule has 0 spiro atoms. The van der Waals surface area contributed by atoms with E-state index in [-0.39, 0.29) is 0 Å². The first kappa shape index (κ1) is 18.3. The zero-order valence-corrected chi connectivity index (χ0v) is 16.2. The molecule has 6 nitrogen and oxygen atoms in total. The van der Waals surface area contributed by atoms with E-state index in [4.69, 9.17) is 9.72 Å². The summed E-state index contributed by atoms with van der Waals surface area (Å²) in [6, 6.07) is 16.5. The number of benzene rings is 2. The summed E-state index contributed by atoms with van der Waals surface area (Å²) in [7, 11) is 3.53. The van der Waals surface area contributed by atoms with Crippen molar-refractivity contribution in [2.24, 2.45) is 0 Å². The number of nitrogens with zero attached hydrogens (tertiary/aromatic N) is 4. The number of ether oxygens (including phenoxy) is 1. The summed E-state index contributed by atoms with van der Waals surface area (Å²) < 4.78 is 6.80. The third kappa shape index (κ3) is 3.64. The molecule has 0 atom stereocenters. The Bertz CT molecular complexity index is 1020. The maximum atomic E-state index is 11.6. The van der Waals surface area contributed by atoms with E-state index in [9.17, 15) is 4.79 Å². The average molecular weight is 376 g/mol. The van der Waals surface area contributed by atoms with Gasteiger partial charge in [0.1, 0.15) is 5.82 Å². The molecule has 1 aliphatic heterocycles. The molecule has 6 heteroatoms. The van der Waals surface area contributed by atoms with Gasteiger partial charge in [0.15, 0.2) is 0 Å². The van der Waals surface area contributed by atoms with Gasteiger partial charge in [-0.3, -0.25) is 4.57 Å². The van der Waals surface area contributed by atoms with Crippen LogP contribution in [0.5, 0.6) is 0 Å². The lowest BCUT2D eigenvalue weighted by molar-refractivity contribution is -0.134. The number of aromatic nitrogens is 2. The van der Waals surface area contributed by atoms with Crippen LogP contribution in [0, 0.1) is 0 Å². The SMILES string of the molecule is COC(=O)C=Cc1nc2ccccc2n1-c1cccc(N2CCN(C)CC2)c1. The number of carbonyl (C=O) groups is 1. The first-order chi connectivity index (χ1) is 13.7. The Kier molecular flexibility index (Phi) is 5.12. The van der Waals surface area contributed by atoms with Crippen LogP contribution in [0.2, 0.25) is 0 Å². The third-order valence-corrected chi connectivity index (χ3v) is 5.11. The third-order valence-electron chi connectivity index (χ3n) is 5.11. The van der Waals surface area contributed by atoms with E-state index in [1.165, 1.54) is 18.9 Å². The van der Waals surface area contributed by atoms with Crippen LogP contribution in [0.4, 0.5) is 5.69 Å². The van der Waals surface area contributed by atoms with Gasteiger partial charge in [-0.15, -0.1) is 0 Å². The first-order valence-corrected chi connectivity index (χ1v) is 9.43. The molecule has 4 rings (SSSR count). The molecule has 0 aliphatic carbocycles. The molecule has 0 saturated carbocycles. The van der Waals surface area contributed by atoms with E-state index in [0.29, 0.717) is 5.82 Å². The van der Waals surface area contributed by atoms with Crippen molar-refractivity contribution in [3.63, 3.8) is 0 Å². The summed E-state index contributed by atoms with van der Waals surface area (Å²) in [4.78, 5) is 21.0. The monoisotopic (exact) mass is 376 g/mol. The summed E-state index contributed by atoms with van der Waals surface area (Å²) in [6.07, 6.45) is 3.11. The number of methoxy groups -OCH3 is 1. The Morgan fingerprint density at radius 3 is 2.57 bits per heavy atom. The Morgan fingerprint density at radius 2 is 1.79 bits per heavy atom. The van der Waals surface area contributed by atoms with Crippen molar-refractivity contribution < 1.29 is 9.53 Å². The van der Waals surface area contributed by atoms with E-state index < -0.39 is 5.97 Å². The van der Waals surface area contributed by atoms with E-state index in [1.54, 1.807) is 6.08 Å². The van der Waals surface area contributed by atoms with Crippen LogP contribution in [0.3, 0.4) is 0 Å². The average Bonchev–Trinajstić information content (AvgIpc) is 3.11. The van der Waals surface area contributed by atoms with Crippen LogP contribution in [0.25, 0.3) is 22.8 Å². The molecule has 0 bridgehead atoms. The molecule has 2 heterocycles. The van der Waals surface area contributed by atoms with Gasteiger partial charge >= 0.3 is 5.97 Å². The summed E-state index contributed by atoms with van der Waals surface area (Å²) in [5.74, 6) is 0.298. The molecule has 144 valence electrons. The highest BCUT2D eigenvalue weighted by molar-refractivity contribution is 5.88. The number of carbonyl (C=O) groups excluding carboxylic acids is 1. The second-order valence-corrected chi connectivity index (χ2v) is 6.96. The lowest BCUT2D eigenvalue weighted by Crippen LogP contribution is -2.44. The Balaban J connectivity index is 1.77. The minimum absolute atomic E-state index is 0.398. The van der Waals surface area contributed by atoms with Gasteiger partial charge in [0.2, 0.25) is 0 Å². The summed E-state index contributed by atoms with van der Waals surface area (Å²) in [5.41, 5.74) is 4.11. The van der Waals surface area contributed by atoms with Crippen molar-refractivity contribution in [2.45, 2.75) is 0 Å². The highest BCUT2D eigenvalue weighted by atomic mass is 16.5. The second-order valence-electron chi connectivity index (χ2n) is 6.96. The van der Waals surface area contributed by atoms with Gasteiger partial charge in [-0.2, -0.15) is 0 Å². The van der Waals surface area contributed by atoms with Gasteiger partial charge in [0.05, 0.1) is 18.1 Å². The van der Waals surface area contributed by atoms with Crippen molar-refractivity contribution in [3.05, 3.63) is 60.4 Å². The molecular weight excluding hydrogens is 352 g/mol. The molecule has 1 saturated heterocycles. The smallest absolute Gasteiger partial charge is 0.330 e. The second kappa shape index (κ2) is 7.86. The van der Waals surface area contributed by atoms with Crippen LogP contribution in [-0.4, -0.2) is 60.8 Å². The van der Waals surface area contributed by atoms with Gasteiger partial charge in [-0.1, -0.05) is 18.2 Å². The van der Waals surface area contributed by atoms with Crippen molar-refractivity contribution in [1.29, 1.82) is 0 Å². The molecule has 2 aromatic carbocycles. The van der Waals surface area contributed by atoms with Crippen LogP contribution in [0.15, 0.2) is 54.6 Å². The summed E-state index contributed by atoms with van der Waals surface area (Å²) in [5, 5.41) is 0. The maximum absolute atomic E-state index is 11.6. The molecule has 0 amide bonds. The van der Waals surface area contributed by atoms with Crippen LogP contribution in [-0.2, 0) is 9.53 Å². The van der Waals surface area contributed by atoms with Crippen molar-refractivity contribution in [3.8, 4) is 5.69 Å². The number of esters is 1. The number of hydrogen-bond acceptors (Lipinski definition) is 5. The van der Waals surface area contributed by atoms with Crippen LogP contribution < -0.4 is 4.90 Å². The fourth-order valence-corrected chi connectivity index (χ4v) is 3.53. The fourth-order valence-electron chi connectivity index (χ4n) is 3.53. The van der Waals surface area contributed by atoms with Crippen molar-refractivity contribution in [2.75, 3.05) is 45.2 Å². The standard InChI is InChI=1S/C22H24N4O2/c1-24-12-14-25(15-13-24)17-6-5-7-18(16-17)26-20-9-4-3-8-19(20)23-21(26)10-11-22(27)28-2/h3-11,16H,12-15H2,1-2H3. The quantitative estimate of drug-likeness (QED) is 0.518. The van der Waals surface area contributed by atoms with Gasteiger partial charge in [0.25, 0.3) is 0 Å². The maximum Gasteiger partial charge on any atom is 0.330 e. The Morgan fingerprint density at radius 1 is 1.04 bits per heavy atom. The van der Waals surface area contributed by atoms with Gasteiger partial charge < -0.3 is 14.5 Å². The Hall–Kier alpha value is -3.12. The molecule has 0 radical (unpaired) electrons. The number of imidazole rings is 1. The number of hydrogen-bond donors (Lipinski definition) is 0. The summed E-state index contributed by atoms with van der Waals surface area (Å²) >= 11 is 0. The van der Waals surface area contributed by atoms with Gasteiger partial charge in [-0.05, 0) is 43.5 Å². The lowest BCUT2D eigenvalue weighted by Gasteiger charge is -2.34. The van der Waals surface area contributed by atoms with E-state index in [1.807, 2.05) is 24.3 Å². The fraction of sp³-hybridized carbons (Fsp3) is 0.273. The zero-order valence-electron chi connectivity index (χ0n) is 16.2. The normalized spacial score (nSPS) is 15.4. The first-order valence-electron chi connectivity index (χ1n) is 9.43. The van der Waals surface area contributed by atoms with E-state index in [2.05, 4.69) is 45.7 Å². The lowest BCUT2D eigenvalue weighted by atomic mass is 10.2. The van der Waals surface area contributed by atoms with Crippen LogP contribution in [0.1, 0.15) is 5.82 Å². The minimum atomic E-state index is -0.398. The predicted octanol–water partition coefficient (Wildman–Crippen LogP) is 2.96. The van der Waals surface area contributed by atoms with E-state index >= 15 is 0 Å². The topological polar surface area (TPSA) is 50.6 Å². The zero-order chi connectivity index (χ0) is 19.5. The minimum Gasteiger partial charge on any atom is -0.466 e. The molecule has 28 heavy (non-hydrogen) atoms. The number of likely N-dealkylation sites (N-methyl/N-ethyl adjacent to an activating group) is 1. The highest BCUT2D eigenvalue weighted by Gasteiger charge is 2.16. The molecule has 0 N–H and O–H groups in total. The van der Waals surface area contributed by atoms with Crippen molar-refractivity contribution in [1.82, 2.24) is 14.5 Å². The molecule has 3 aromatic rings. The van der Waals surface area contributed by atoms with Crippen LogP contribution >= 0.6 is 0 Å². The molecule has 1 aromatic heterocycles. The number of fused-ring (bicyclic) bond motifs is 1. The largest absolute Gasteiger partial charge is 0.466 e. The summed E-state index contributed by atoms with van der Waals surface area (Å²) in [6.45, 7) is 4.15. The highest BCUT2D eigenvalue weighted by Crippen LogP contribution is 2.26. The van der Waals surface area contributed by atoms with E-state index in [0.717, 1.165) is 42.9 Å². The molecule has 1 aliphatic rings. The van der Waals surface area contributed by atoms with Gasteiger partial charge in [-0.25, -0.2) is 9.78 Å². The number of piperazine rings is 1. The molecular formula is C22H24N4O2. The number of rotatable bonds is 4. The number of para-hydroxylation sites is 2. The predicted molar refractivity (Wildman–Crippen MR) is 112 cm³/mol. The van der Waals surface area contributed by atoms with Crippen molar-refractivity contribution >= 4 is 28.8 Å². The Labute approximate surface area is 164 Å².